The first-order valence-electron chi connectivity index (χ1n) is 10.4. The first-order chi connectivity index (χ1) is 16.5. The molecular weight excluding hydrogens is 505 g/mol. The standard InChI is InChI=1S/C27H17Cl2NO2S2/c28-22-12-11-19(14-23(22)29)30-26(31)25(34-27(30)33)15-21-20-9-5-4-8-18(20)10-13-24(21)32-16-17-6-2-1-3-7-17/h1-15H,16H2/b25-15-. The molecule has 1 saturated heterocycles. The van der Waals surface area contributed by atoms with Gasteiger partial charge in [-0.3, -0.25) is 9.69 Å². The van der Waals surface area contributed by atoms with Crippen LogP contribution in [0.25, 0.3) is 16.8 Å². The molecule has 4 aromatic carbocycles. The summed E-state index contributed by atoms with van der Waals surface area (Å²) in [5, 5.41) is 2.83. The van der Waals surface area contributed by atoms with E-state index >= 15 is 0 Å². The molecule has 0 atom stereocenters. The molecule has 4 aromatic rings. The summed E-state index contributed by atoms with van der Waals surface area (Å²) in [5.41, 5.74) is 2.48. The molecule has 1 aliphatic rings. The van der Waals surface area contributed by atoms with Crippen molar-refractivity contribution < 1.29 is 9.53 Å². The van der Waals surface area contributed by atoms with Gasteiger partial charge in [0.25, 0.3) is 5.91 Å². The number of hydrogen-bond acceptors (Lipinski definition) is 4. The topological polar surface area (TPSA) is 29.5 Å². The van der Waals surface area contributed by atoms with Crippen LogP contribution >= 0.6 is 47.2 Å². The van der Waals surface area contributed by atoms with Gasteiger partial charge >= 0.3 is 0 Å². The number of amides is 1. The van der Waals surface area contributed by atoms with Crippen LogP contribution in [0, 0.1) is 0 Å². The Labute approximate surface area is 216 Å². The molecule has 168 valence electrons. The van der Waals surface area contributed by atoms with Crippen LogP contribution in [0.5, 0.6) is 5.75 Å². The Kier molecular flexibility index (Phi) is 6.61. The van der Waals surface area contributed by atoms with Gasteiger partial charge in [0.15, 0.2) is 4.32 Å². The van der Waals surface area contributed by atoms with Crippen molar-refractivity contribution in [3.8, 4) is 5.75 Å². The number of thiocarbonyl (C=S) groups is 1. The molecule has 0 aromatic heterocycles. The summed E-state index contributed by atoms with van der Waals surface area (Å²) < 4.78 is 6.63. The lowest BCUT2D eigenvalue weighted by Crippen LogP contribution is -2.27. The summed E-state index contributed by atoms with van der Waals surface area (Å²) in [4.78, 5) is 15.4. The summed E-state index contributed by atoms with van der Waals surface area (Å²) in [6, 6.07) is 27.0. The normalized spacial score (nSPS) is 14.9. The Balaban J connectivity index is 1.54. The van der Waals surface area contributed by atoms with Crippen LogP contribution in [-0.4, -0.2) is 10.2 Å². The molecule has 0 saturated carbocycles. The molecule has 5 rings (SSSR count). The van der Waals surface area contributed by atoms with Crippen LogP contribution in [0.4, 0.5) is 5.69 Å². The van der Waals surface area contributed by atoms with Crippen LogP contribution in [-0.2, 0) is 11.4 Å². The second-order valence-corrected chi connectivity index (χ2v) is 10.1. The minimum Gasteiger partial charge on any atom is -0.488 e. The number of fused-ring (bicyclic) bond motifs is 1. The molecule has 1 fully saturated rings. The zero-order valence-corrected chi connectivity index (χ0v) is 20.8. The highest BCUT2D eigenvalue weighted by molar-refractivity contribution is 8.27. The van der Waals surface area contributed by atoms with Gasteiger partial charge in [-0.05, 0) is 46.7 Å². The maximum absolute atomic E-state index is 13.4. The van der Waals surface area contributed by atoms with Crippen molar-refractivity contribution in [2.75, 3.05) is 4.90 Å². The second kappa shape index (κ2) is 9.80. The molecule has 0 aliphatic carbocycles. The summed E-state index contributed by atoms with van der Waals surface area (Å²) in [7, 11) is 0. The van der Waals surface area contributed by atoms with E-state index in [1.54, 1.807) is 18.2 Å². The molecule has 1 aliphatic heterocycles. The molecule has 34 heavy (non-hydrogen) atoms. The first-order valence-corrected chi connectivity index (χ1v) is 12.4. The smallest absolute Gasteiger partial charge is 0.270 e. The van der Waals surface area contributed by atoms with Gasteiger partial charge in [0, 0.05) is 5.56 Å². The van der Waals surface area contributed by atoms with Crippen molar-refractivity contribution in [1.82, 2.24) is 0 Å². The lowest BCUT2D eigenvalue weighted by molar-refractivity contribution is -0.113. The highest BCUT2D eigenvalue weighted by atomic mass is 35.5. The molecule has 0 N–H and O–H groups in total. The fourth-order valence-corrected chi connectivity index (χ4v) is 5.30. The highest BCUT2D eigenvalue weighted by Crippen LogP contribution is 2.40. The number of benzene rings is 4. The van der Waals surface area contributed by atoms with E-state index in [0.717, 1.165) is 21.9 Å². The van der Waals surface area contributed by atoms with Crippen LogP contribution in [0.2, 0.25) is 10.0 Å². The van der Waals surface area contributed by atoms with Crippen LogP contribution < -0.4 is 9.64 Å². The van der Waals surface area contributed by atoms with Gasteiger partial charge < -0.3 is 4.74 Å². The minimum atomic E-state index is -0.213. The fourth-order valence-electron chi connectivity index (χ4n) is 3.73. The molecule has 1 amide bonds. The lowest BCUT2D eigenvalue weighted by atomic mass is 10.0. The summed E-state index contributed by atoms with van der Waals surface area (Å²) >= 11 is 19.0. The van der Waals surface area contributed by atoms with Gasteiger partial charge in [0.2, 0.25) is 0 Å². The van der Waals surface area contributed by atoms with Crippen molar-refractivity contribution in [3.63, 3.8) is 0 Å². The number of anilines is 1. The summed E-state index contributed by atoms with van der Waals surface area (Å²) in [6.07, 6.45) is 1.86. The SMILES string of the molecule is O=C1/C(=C/c2c(OCc3ccccc3)ccc3ccccc23)SC(=S)N1c1ccc(Cl)c(Cl)c1. The summed E-state index contributed by atoms with van der Waals surface area (Å²) in [6.45, 7) is 0.421. The van der Waals surface area contributed by atoms with E-state index in [1.165, 1.54) is 16.7 Å². The first kappa shape index (κ1) is 22.9. The van der Waals surface area contributed by atoms with Gasteiger partial charge in [-0.1, -0.05) is 108 Å². The Morgan fingerprint density at radius 1 is 0.912 bits per heavy atom. The van der Waals surface area contributed by atoms with E-state index in [9.17, 15) is 4.79 Å². The molecule has 0 radical (unpaired) electrons. The zero-order chi connectivity index (χ0) is 23.7. The average Bonchev–Trinajstić information content (AvgIpc) is 3.13. The third-order valence-corrected chi connectivity index (χ3v) is 7.44. The van der Waals surface area contributed by atoms with E-state index in [-0.39, 0.29) is 5.91 Å². The van der Waals surface area contributed by atoms with Gasteiger partial charge in [-0.25, -0.2) is 0 Å². The molecular formula is C27H17Cl2NO2S2. The van der Waals surface area contributed by atoms with E-state index in [2.05, 4.69) is 0 Å². The predicted octanol–water partition coefficient (Wildman–Crippen LogP) is 8.13. The van der Waals surface area contributed by atoms with E-state index in [0.29, 0.717) is 37.3 Å². The molecule has 1 heterocycles. The average molecular weight is 522 g/mol. The summed E-state index contributed by atoms with van der Waals surface area (Å²) in [5.74, 6) is 0.484. The Morgan fingerprint density at radius 3 is 2.47 bits per heavy atom. The van der Waals surface area contributed by atoms with E-state index < -0.39 is 0 Å². The van der Waals surface area contributed by atoms with Crippen molar-refractivity contribution in [2.45, 2.75) is 6.61 Å². The minimum absolute atomic E-state index is 0.213. The van der Waals surface area contributed by atoms with Gasteiger partial charge in [0.05, 0.1) is 20.6 Å². The third-order valence-electron chi connectivity index (χ3n) is 5.40. The van der Waals surface area contributed by atoms with Crippen molar-refractivity contribution >= 4 is 79.9 Å². The molecule has 7 heteroatoms. The van der Waals surface area contributed by atoms with Crippen molar-refractivity contribution in [2.24, 2.45) is 0 Å². The number of thioether (sulfide) groups is 1. The number of rotatable bonds is 5. The lowest BCUT2D eigenvalue weighted by Gasteiger charge is -2.15. The van der Waals surface area contributed by atoms with E-state index in [4.69, 9.17) is 40.2 Å². The second-order valence-electron chi connectivity index (χ2n) is 7.59. The van der Waals surface area contributed by atoms with Crippen molar-refractivity contribution in [1.29, 1.82) is 0 Å². The number of carbonyl (C=O) groups excluding carboxylic acids is 1. The highest BCUT2D eigenvalue weighted by Gasteiger charge is 2.34. The number of halogens is 2. The predicted molar refractivity (Wildman–Crippen MR) is 147 cm³/mol. The Morgan fingerprint density at radius 2 is 1.68 bits per heavy atom. The quantitative estimate of drug-likeness (QED) is 0.196. The van der Waals surface area contributed by atoms with E-state index in [1.807, 2.05) is 72.8 Å². The molecule has 0 unspecified atom stereocenters. The maximum atomic E-state index is 13.4. The largest absolute Gasteiger partial charge is 0.488 e. The maximum Gasteiger partial charge on any atom is 0.270 e. The fraction of sp³-hybridized carbons (Fsp3) is 0.0370. The Hall–Kier alpha value is -2.83. The number of nitrogens with zero attached hydrogens (tertiary/aromatic N) is 1. The molecule has 3 nitrogen and oxygen atoms in total. The number of hydrogen-bond donors (Lipinski definition) is 0. The zero-order valence-electron chi connectivity index (χ0n) is 17.7. The molecule has 0 spiro atoms. The monoisotopic (exact) mass is 521 g/mol. The van der Waals surface area contributed by atoms with Crippen LogP contribution in [0.15, 0.2) is 89.8 Å². The van der Waals surface area contributed by atoms with Gasteiger partial charge in [-0.15, -0.1) is 0 Å². The van der Waals surface area contributed by atoms with Crippen LogP contribution in [0.1, 0.15) is 11.1 Å². The van der Waals surface area contributed by atoms with Crippen LogP contribution in [0.3, 0.4) is 0 Å². The van der Waals surface area contributed by atoms with Crippen molar-refractivity contribution in [3.05, 3.63) is 111 Å². The Bertz CT molecular complexity index is 1450. The number of carbonyl (C=O) groups is 1. The number of ether oxygens (including phenoxy) is 1. The third kappa shape index (κ3) is 4.57. The van der Waals surface area contributed by atoms with Gasteiger partial charge in [0.1, 0.15) is 12.4 Å². The van der Waals surface area contributed by atoms with Gasteiger partial charge in [-0.2, -0.15) is 0 Å². The molecule has 0 bridgehead atoms.